The van der Waals surface area contributed by atoms with Crippen LogP contribution in [0.2, 0.25) is 0 Å². The molecule has 0 bridgehead atoms. The summed E-state index contributed by atoms with van der Waals surface area (Å²) in [6.45, 7) is 5.39. The fourth-order valence-electron chi connectivity index (χ4n) is 1.50. The van der Waals surface area contributed by atoms with Gasteiger partial charge in [0.15, 0.2) is 0 Å². The van der Waals surface area contributed by atoms with Crippen molar-refractivity contribution >= 4 is 34.2 Å². The lowest BCUT2D eigenvalue weighted by atomic mass is 10.2. The largest absolute Gasteiger partial charge is 0.351 e. The van der Waals surface area contributed by atoms with Gasteiger partial charge in [-0.2, -0.15) is 0 Å². The molecule has 0 aromatic heterocycles. The maximum atomic E-state index is 12.0. The molecule has 0 fully saturated rings. The second-order valence-electron chi connectivity index (χ2n) is 4.75. The predicted octanol–water partition coefficient (Wildman–Crippen LogP) is 2.27. The number of halogens is 1. The van der Waals surface area contributed by atoms with Gasteiger partial charge in [-0.1, -0.05) is 0 Å². The Morgan fingerprint density at radius 3 is 2.70 bits per heavy atom. The first-order chi connectivity index (χ1) is 9.32. The van der Waals surface area contributed by atoms with Crippen LogP contribution in [0.4, 0.5) is 5.69 Å². The molecule has 20 heavy (non-hydrogen) atoms. The fraction of sp³-hybridized carbons (Fsp3) is 0.462. The molecule has 0 atom stereocenters. The molecule has 0 radical (unpaired) electrons. The summed E-state index contributed by atoms with van der Waals surface area (Å²) >= 11 is 2.00. The van der Waals surface area contributed by atoms with Crippen LogP contribution in [0.25, 0.3) is 0 Å². The lowest BCUT2D eigenvalue weighted by Crippen LogP contribution is -2.36. The fourth-order valence-corrected chi connectivity index (χ4v) is 2.08. The number of nitro groups is 1. The summed E-state index contributed by atoms with van der Waals surface area (Å²) in [5.41, 5.74) is 0.266. The van der Waals surface area contributed by atoms with Crippen LogP contribution >= 0.6 is 22.6 Å². The minimum Gasteiger partial charge on any atom is -0.351 e. The summed E-state index contributed by atoms with van der Waals surface area (Å²) in [5, 5.41) is 13.5. The lowest BCUT2D eigenvalue weighted by Gasteiger charge is -2.20. The number of carbonyl (C=O) groups is 1. The highest BCUT2D eigenvalue weighted by atomic mass is 127. The minimum atomic E-state index is -0.501. The van der Waals surface area contributed by atoms with Gasteiger partial charge < -0.3 is 10.2 Å². The molecular formula is C13H18IN3O3. The zero-order valence-electron chi connectivity index (χ0n) is 11.7. The predicted molar refractivity (Wildman–Crippen MR) is 85.9 cm³/mol. The van der Waals surface area contributed by atoms with Gasteiger partial charge in [0.2, 0.25) is 0 Å². The van der Waals surface area contributed by atoms with Gasteiger partial charge in [-0.25, -0.2) is 0 Å². The monoisotopic (exact) mass is 391 g/mol. The lowest BCUT2D eigenvalue weighted by molar-refractivity contribution is -0.384. The molecule has 1 aromatic carbocycles. The Morgan fingerprint density at radius 2 is 2.15 bits per heavy atom. The van der Waals surface area contributed by atoms with E-state index in [1.807, 2.05) is 29.6 Å². The quantitative estimate of drug-likeness (QED) is 0.459. The zero-order valence-corrected chi connectivity index (χ0v) is 13.9. The molecule has 0 aliphatic carbocycles. The first kappa shape index (κ1) is 16.8. The Bertz CT molecular complexity index is 506. The third-order valence-electron chi connectivity index (χ3n) is 3.04. The smallest absolute Gasteiger partial charge is 0.270 e. The van der Waals surface area contributed by atoms with Crippen molar-refractivity contribution in [2.45, 2.75) is 19.9 Å². The Kier molecular flexibility index (Phi) is 6.34. The van der Waals surface area contributed by atoms with Crippen LogP contribution in [0, 0.1) is 13.7 Å². The average Bonchev–Trinajstić information content (AvgIpc) is 2.38. The van der Waals surface area contributed by atoms with Crippen LogP contribution in [0.3, 0.4) is 0 Å². The molecule has 110 valence electrons. The third-order valence-corrected chi connectivity index (χ3v) is 3.98. The van der Waals surface area contributed by atoms with Crippen molar-refractivity contribution < 1.29 is 9.72 Å². The molecule has 0 aliphatic heterocycles. The van der Waals surface area contributed by atoms with Crippen molar-refractivity contribution in [3.05, 3.63) is 37.4 Å². The summed E-state index contributed by atoms with van der Waals surface area (Å²) in [5.74, 6) is -0.282. The number of hydrogen-bond donors (Lipinski definition) is 1. The van der Waals surface area contributed by atoms with Gasteiger partial charge in [0.05, 0.1) is 10.5 Å². The van der Waals surface area contributed by atoms with Crippen LogP contribution < -0.4 is 5.32 Å². The molecule has 1 N–H and O–H groups in total. The van der Waals surface area contributed by atoms with Gasteiger partial charge >= 0.3 is 0 Å². The number of nitrogens with zero attached hydrogens (tertiary/aromatic N) is 2. The summed E-state index contributed by atoms with van der Waals surface area (Å²) in [7, 11) is 1.98. The SMILES string of the molecule is CC(C)N(C)CCNC(=O)c1cc([N+](=O)[O-])ccc1I. The molecule has 7 heteroatoms. The molecule has 1 aromatic rings. The van der Waals surface area contributed by atoms with E-state index in [4.69, 9.17) is 0 Å². The maximum Gasteiger partial charge on any atom is 0.270 e. The Hall–Kier alpha value is -1.22. The second-order valence-corrected chi connectivity index (χ2v) is 5.91. The second kappa shape index (κ2) is 7.53. The molecule has 1 amide bonds. The first-order valence-corrected chi connectivity index (χ1v) is 7.33. The van der Waals surface area contributed by atoms with Crippen molar-refractivity contribution in [3.8, 4) is 0 Å². The highest BCUT2D eigenvalue weighted by Crippen LogP contribution is 2.19. The highest BCUT2D eigenvalue weighted by molar-refractivity contribution is 14.1. The molecule has 0 saturated heterocycles. The zero-order chi connectivity index (χ0) is 15.3. The highest BCUT2D eigenvalue weighted by Gasteiger charge is 2.15. The van der Waals surface area contributed by atoms with Gasteiger partial charge in [-0.15, -0.1) is 0 Å². The molecule has 0 heterocycles. The van der Waals surface area contributed by atoms with Gasteiger partial charge in [0, 0.05) is 34.8 Å². The number of rotatable bonds is 6. The number of hydrogen-bond acceptors (Lipinski definition) is 4. The van der Waals surface area contributed by atoms with Gasteiger partial charge in [0.1, 0.15) is 0 Å². The van der Waals surface area contributed by atoms with E-state index in [1.165, 1.54) is 12.1 Å². The van der Waals surface area contributed by atoms with Gasteiger partial charge in [-0.3, -0.25) is 14.9 Å². The Labute approximate surface area is 131 Å². The number of amides is 1. The molecule has 6 nitrogen and oxygen atoms in total. The van der Waals surface area contributed by atoms with Crippen LogP contribution in [0.1, 0.15) is 24.2 Å². The number of non-ortho nitro benzene ring substituents is 1. The molecule has 0 saturated carbocycles. The van der Waals surface area contributed by atoms with E-state index in [0.29, 0.717) is 21.7 Å². The number of carbonyl (C=O) groups excluding carboxylic acids is 1. The number of likely N-dealkylation sites (N-methyl/N-ethyl adjacent to an activating group) is 1. The Morgan fingerprint density at radius 1 is 1.50 bits per heavy atom. The van der Waals surface area contributed by atoms with E-state index in [9.17, 15) is 14.9 Å². The molecule has 1 rings (SSSR count). The molecule has 0 spiro atoms. The van der Waals surface area contributed by atoms with E-state index >= 15 is 0 Å². The van der Waals surface area contributed by atoms with E-state index in [0.717, 1.165) is 6.54 Å². The van der Waals surface area contributed by atoms with Crippen molar-refractivity contribution in [2.75, 3.05) is 20.1 Å². The van der Waals surface area contributed by atoms with E-state index in [1.54, 1.807) is 6.07 Å². The topological polar surface area (TPSA) is 75.5 Å². The van der Waals surface area contributed by atoms with Crippen molar-refractivity contribution in [2.24, 2.45) is 0 Å². The maximum absolute atomic E-state index is 12.0. The molecule has 0 aliphatic rings. The van der Waals surface area contributed by atoms with E-state index < -0.39 is 4.92 Å². The Balaban J connectivity index is 2.68. The number of nitrogens with one attached hydrogen (secondary N) is 1. The summed E-state index contributed by atoms with van der Waals surface area (Å²) in [4.78, 5) is 24.4. The van der Waals surface area contributed by atoms with Crippen molar-refractivity contribution in [3.63, 3.8) is 0 Å². The van der Waals surface area contributed by atoms with E-state index in [2.05, 4.69) is 24.1 Å². The summed E-state index contributed by atoms with van der Waals surface area (Å²) < 4.78 is 0.697. The first-order valence-electron chi connectivity index (χ1n) is 6.25. The summed E-state index contributed by atoms with van der Waals surface area (Å²) in [6.07, 6.45) is 0. The van der Waals surface area contributed by atoms with Crippen LogP contribution in [-0.2, 0) is 0 Å². The van der Waals surface area contributed by atoms with Crippen LogP contribution in [0.15, 0.2) is 18.2 Å². The normalized spacial score (nSPS) is 10.9. The van der Waals surface area contributed by atoms with E-state index in [-0.39, 0.29) is 11.6 Å². The molecule has 0 unspecified atom stereocenters. The third kappa shape index (κ3) is 4.71. The van der Waals surface area contributed by atoms with Crippen LogP contribution in [0.5, 0.6) is 0 Å². The van der Waals surface area contributed by atoms with Crippen LogP contribution in [-0.4, -0.2) is 41.9 Å². The number of benzene rings is 1. The number of nitro benzene ring substituents is 1. The van der Waals surface area contributed by atoms with Crippen molar-refractivity contribution in [1.82, 2.24) is 10.2 Å². The average molecular weight is 391 g/mol. The van der Waals surface area contributed by atoms with Crippen molar-refractivity contribution in [1.29, 1.82) is 0 Å². The van der Waals surface area contributed by atoms with Gasteiger partial charge in [0.25, 0.3) is 11.6 Å². The molecular weight excluding hydrogens is 373 g/mol. The summed E-state index contributed by atoms with van der Waals surface area (Å²) in [6, 6.07) is 4.69. The van der Waals surface area contributed by atoms with Gasteiger partial charge in [-0.05, 0) is 49.6 Å². The standard InChI is InChI=1S/C13H18IN3O3/c1-9(2)16(3)7-6-15-13(18)11-8-10(17(19)20)4-5-12(11)14/h4-5,8-9H,6-7H2,1-3H3,(H,15,18). The minimum absolute atomic E-state index is 0.0742.